The fourth-order valence-corrected chi connectivity index (χ4v) is 4.16. The van der Waals surface area contributed by atoms with E-state index < -0.39 is 30.2 Å². The molecule has 1 aromatic heterocycles. The number of alkyl halides is 6. The van der Waals surface area contributed by atoms with E-state index in [4.69, 9.17) is 5.11 Å². The molecule has 0 saturated heterocycles. The van der Waals surface area contributed by atoms with Crippen LogP contribution in [0.25, 0.3) is 22.5 Å². The van der Waals surface area contributed by atoms with Crippen molar-refractivity contribution in [3.05, 3.63) is 77.9 Å². The van der Waals surface area contributed by atoms with E-state index in [1.165, 1.54) is 24.3 Å². The van der Waals surface area contributed by atoms with Gasteiger partial charge in [0.15, 0.2) is 0 Å². The molecule has 1 amide bonds. The van der Waals surface area contributed by atoms with Gasteiger partial charge in [0.05, 0.1) is 24.4 Å². The fraction of sp³-hybridized carbons (Fsp3) is 0.250. The van der Waals surface area contributed by atoms with Crippen molar-refractivity contribution in [3.8, 4) is 34.0 Å². The first kappa shape index (κ1) is 30.2. The molecule has 2 N–H and O–H groups in total. The van der Waals surface area contributed by atoms with Crippen LogP contribution >= 0.6 is 0 Å². The highest BCUT2D eigenvalue weighted by molar-refractivity contribution is 5.94. The third-order valence-electron chi connectivity index (χ3n) is 6.05. The highest BCUT2D eigenvalue weighted by Gasteiger charge is 2.32. The molecule has 0 bridgehead atoms. The van der Waals surface area contributed by atoms with E-state index >= 15 is 0 Å². The predicted octanol–water partition coefficient (Wildman–Crippen LogP) is 6.25. The standard InChI is InChI=1S/C28H23F6N3O5/c29-27(30,31)41-21-9-5-18(6-10-21)23-15-24(19-7-11-22(12-8-19)42-28(32,33)34)37(36-23)16-17-1-3-20(4-2-17)26(40)35-14-13-25(38)39/h1,3,5-12,15H,2,4,13-14,16H2,(H,35,40)(H,38,39). The molecule has 8 nitrogen and oxygen atoms in total. The number of benzene rings is 2. The number of halogens is 6. The number of aliphatic carboxylic acids is 1. The van der Waals surface area contributed by atoms with Crippen LogP contribution in [-0.4, -0.2) is 46.0 Å². The summed E-state index contributed by atoms with van der Waals surface area (Å²) >= 11 is 0. The maximum atomic E-state index is 12.6. The van der Waals surface area contributed by atoms with Gasteiger partial charge in [0.2, 0.25) is 5.91 Å². The molecule has 2 aromatic carbocycles. The third-order valence-corrected chi connectivity index (χ3v) is 6.05. The van der Waals surface area contributed by atoms with Crippen molar-refractivity contribution in [1.29, 1.82) is 0 Å². The van der Waals surface area contributed by atoms with Crippen molar-refractivity contribution in [1.82, 2.24) is 15.1 Å². The summed E-state index contributed by atoms with van der Waals surface area (Å²) in [6, 6.07) is 11.9. The van der Waals surface area contributed by atoms with E-state index in [1.807, 2.05) is 0 Å². The van der Waals surface area contributed by atoms with Crippen LogP contribution in [0, 0.1) is 0 Å². The molecule has 1 aliphatic carbocycles. The summed E-state index contributed by atoms with van der Waals surface area (Å²) in [7, 11) is 0. The summed E-state index contributed by atoms with van der Waals surface area (Å²) in [5.74, 6) is -2.22. The molecular weight excluding hydrogens is 572 g/mol. The largest absolute Gasteiger partial charge is 0.573 e. The average Bonchev–Trinajstić information content (AvgIpc) is 3.31. The molecule has 0 unspecified atom stereocenters. The first-order valence-corrected chi connectivity index (χ1v) is 12.4. The minimum absolute atomic E-state index is 0.00237. The zero-order valence-electron chi connectivity index (χ0n) is 21.6. The first-order chi connectivity index (χ1) is 19.8. The smallest absolute Gasteiger partial charge is 0.481 e. The lowest BCUT2D eigenvalue weighted by atomic mass is 9.97. The molecule has 1 aliphatic rings. The average molecular weight is 595 g/mol. The van der Waals surface area contributed by atoms with Gasteiger partial charge in [0.1, 0.15) is 11.5 Å². The van der Waals surface area contributed by atoms with E-state index in [2.05, 4.69) is 19.9 Å². The minimum Gasteiger partial charge on any atom is -0.481 e. The Bertz CT molecular complexity index is 1490. The Kier molecular flexibility index (Phi) is 8.93. The number of aromatic nitrogens is 2. The number of amides is 1. The van der Waals surface area contributed by atoms with Crippen LogP contribution in [0.5, 0.6) is 11.5 Å². The number of hydrogen-bond donors (Lipinski definition) is 2. The number of carbonyl (C=O) groups excluding carboxylic acids is 1. The van der Waals surface area contributed by atoms with Crippen molar-refractivity contribution in [2.75, 3.05) is 6.54 Å². The van der Waals surface area contributed by atoms with Gasteiger partial charge in [-0.2, -0.15) is 5.10 Å². The number of nitrogens with zero attached hydrogens (tertiary/aromatic N) is 2. The van der Waals surface area contributed by atoms with Crippen LogP contribution in [0.2, 0.25) is 0 Å². The monoisotopic (exact) mass is 595 g/mol. The molecule has 4 rings (SSSR count). The number of hydrogen-bond acceptors (Lipinski definition) is 5. The van der Waals surface area contributed by atoms with Gasteiger partial charge in [0, 0.05) is 23.2 Å². The maximum Gasteiger partial charge on any atom is 0.573 e. The number of carbonyl (C=O) groups is 2. The van der Waals surface area contributed by atoms with Crippen LogP contribution in [0.3, 0.4) is 0 Å². The summed E-state index contributed by atoms with van der Waals surface area (Å²) in [5, 5.41) is 15.9. The van der Waals surface area contributed by atoms with Gasteiger partial charge in [-0.1, -0.05) is 12.2 Å². The number of carboxylic acids is 1. The van der Waals surface area contributed by atoms with Crippen LogP contribution in [0.15, 0.2) is 77.9 Å². The number of nitrogens with one attached hydrogen (secondary N) is 1. The van der Waals surface area contributed by atoms with Gasteiger partial charge in [-0.25, -0.2) is 0 Å². The molecule has 0 fully saturated rings. The molecule has 0 radical (unpaired) electrons. The summed E-state index contributed by atoms with van der Waals surface area (Å²) in [6.45, 7) is 0.243. The van der Waals surface area contributed by atoms with Gasteiger partial charge >= 0.3 is 18.7 Å². The Balaban J connectivity index is 1.59. The number of carboxylic acid groups (broad SMARTS) is 1. The summed E-state index contributed by atoms with van der Waals surface area (Å²) < 4.78 is 84.9. The first-order valence-electron chi connectivity index (χ1n) is 12.4. The Morgan fingerprint density at radius 2 is 1.43 bits per heavy atom. The summed E-state index contributed by atoms with van der Waals surface area (Å²) in [5.41, 5.74) is 3.24. The van der Waals surface area contributed by atoms with Gasteiger partial charge in [-0.05, 0) is 73.0 Å². The second kappa shape index (κ2) is 12.4. The van der Waals surface area contributed by atoms with E-state index in [0.29, 0.717) is 40.9 Å². The lowest BCUT2D eigenvalue weighted by Gasteiger charge is -2.16. The van der Waals surface area contributed by atoms with E-state index in [9.17, 15) is 35.9 Å². The maximum absolute atomic E-state index is 12.6. The fourth-order valence-electron chi connectivity index (χ4n) is 4.16. The van der Waals surface area contributed by atoms with Crippen LogP contribution < -0.4 is 14.8 Å². The molecule has 42 heavy (non-hydrogen) atoms. The van der Waals surface area contributed by atoms with E-state index in [-0.39, 0.29) is 25.4 Å². The molecule has 0 atom stereocenters. The highest BCUT2D eigenvalue weighted by Crippen LogP contribution is 2.32. The lowest BCUT2D eigenvalue weighted by Crippen LogP contribution is -2.28. The Morgan fingerprint density at radius 1 is 0.857 bits per heavy atom. The molecule has 0 saturated carbocycles. The number of rotatable bonds is 10. The topological polar surface area (TPSA) is 103 Å². The summed E-state index contributed by atoms with van der Waals surface area (Å²) in [6.07, 6.45) is -5.67. The van der Waals surface area contributed by atoms with Gasteiger partial charge in [-0.15, -0.1) is 26.3 Å². The number of ether oxygens (including phenoxy) is 2. The Labute approximate surface area is 234 Å². The van der Waals surface area contributed by atoms with Crippen molar-refractivity contribution >= 4 is 11.9 Å². The molecule has 3 aromatic rings. The summed E-state index contributed by atoms with van der Waals surface area (Å²) in [4.78, 5) is 22.9. The zero-order chi connectivity index (χ0) is 30.5. The van der Waals surface area contributed by atoms with Crippen molar-refractivity contribution < 1.29 is 50.5 Å². The molecule has 222 valence electrons. The normalized spacial score (nSPS) is 13.7. The number of allylic oxidation sites excluding steroid dienone is 3. The lowest BCUT2D eigenvalue weighted by molar-refractivity contribution is -0.275. The molecule has 1 heterocycles. The second-order valence-corrected chi connectivity index (χ2v) is 9.13. The quantitative estimate of drug-likeness (QED) is 0.269. The van der Waals surface area contributed by atoms with Crippen LogP contribution in [-0.2, 0) is 16.1 Å². The molecular formula is C28H23F6N3O5. The third kappa shape index (κ3) is 8.62. The molecule has 0 spiro atoms. The van der Waals surface area contributed by atoms with Crippen LogP contribution in [0.4, 0.5) is 26.3 Å². The Morgan fingerprint density at radius 3 is 1.93 bits per heavy atom. The Hall–Kier alpha value is -4.75. The van der Waals surface area contributed by atoms with E-state index in [0.717, 1.165) is 29.8 Å². The second-order valence-electron chi connectivity index (χ2n) is 9.13. The van der Waals surface area contributed by atoms with Crippen molar-refractivity contribution in [2.24, 2.45) is 0 Å². The SMILES string of the molecule is O=C(O)CCNC(=O)C1=CC=C(Cn2nc(-c3ccc(OC(F)(F)F)cc3)cc2-c2ccc(OC(F)(F)F)cc2)CC1. The minimum atomic E-state index is -4.86. The van der Waals surface area contributed by atoms with Gasteiger partial charge < -0.3 is 19.9 Å². The molecule has 0 aliphatic heterocycles. The van der Waals surface area contributed by atoms with Gasteiger partial charge in [-0.3, -0.25) is 14.3 Å². The van der Waals surface area contributed by atoms with E-state index in [1.54, 1.807) is 22.9 Å². The highest BCUT2D eigenvalue weighted by atomic mass is 19.4. The molecule has 14 heteroatoms. The predicted molar refractivity (Wildman–Crippen MR) is 137 cm³/mol. The van der Waals surface area contributed by atoms with Crippen LogP contribution in [0.1, 0.15) is 19.3 Å². The van der Waals surface area contributed by atoms with Crippen molar-refractivity contribution in [3.63, 3.8) is 0 Å². The van der Waals surface area contributed by atoms with Crippen molar-refractivity contribution in [2.45, 2.75) is 38.5 Å². The van der Waals surface area contributed by atoms with Gasteiger partial charge in [0.25, 0.3) is 0 Å². The zero-order valence-corrected chi connectivity index (χ0v) is 21.6.